The number of nitrogens with zero attached hydrogens (tertiary/aromatic N) is 1. The third kappa shape index (κ3) is 3.14. The van der Waals surface area contributed by atoms with Gasteiger partial charge in [-0.25, -0.2) is 0 Å². The second kappa shape index (κ2) is 3.02. The lowest BCUT2D eigenvalue weighted by molar-refractivity contribution is 0.221. The van der Waals surface area contributed by atoms with E-state index in [4.69, 9.17) is 0 Å². The number of hydrogen-bond donors (Lipinski definition) is 0. The molecule has 0 aromatic rings. The van der Waals surface area contributed by atoms with Crippen LogP contribution in [0.25, 0.3) is 0 Å². The van der Waals surface area contributed by atoms with Crippen LogP contribution >= 0.6 is 0 Å². The first-order chi connectivity index (χ1) is 5.33. The molecule has 72 valence electrons. The Morgan fingerprint density at radius 3 is 1.92 bits per heavy atom. The highest BCUT2D eigenvalue weighted by Crippen LogP contribution is 2.53. The van der Waals surface area contributed by atoms with Gasteiger partial charge in [-0.05, 0) is 44.2 Å². The maximum atomic E-state index is 2.35. The second-order valence-electron chi connectivity index (χ2n) is 5.98. The zero-order chi connectivity index (χ0) is 9.41. The minimum Gasteiger partial charge on any atom is -0.309 e. The van der Waals surface area contributed by atoms with Gasteiger partial charge in [-0.15, -0.1) is 0 Å². The van der Waals surface area contributed by atoms with E-state index in [1.54, 1.807) is 0 Å². The Hall–Kier alpha value is -0.0400. The summed E-state index contributed by atoms with van der Waals surface area (Å²) in [5.41, 5.74) is 1.19. The van der Waals surface area contributed by atoms with Crippen LogP contribution < -0.4 is 0 Å². The van der Waals surface area contributed by atoms with E-state index in [0.717, 1.165) is 0 Å². The van der Waals surface area contributed by atoms with Crippen molar-refractivity contribution in [3.63, 3.8) is 0 Å². The Balaban J connectivity index is 2.40. The fourth-order valence-corrected chi connectivity index (χ4v) is 2.36. The summed E-state index contributed by atoms with van der Waals surface area (Å²) in [7, 11) is 4.37. The highest BCUT2D eigenvalue weighted by atomic mass is 15.1. The quantitative estimate of drug-likeness (QED) is 0.628. The van der Waals surface area contributed by atoms with Crippen molar-refractivity contribution in [1.82, 2.24) is 4.90 Å². The van der Waals surface area contributed by atoms with Crippen molar-refractivity contribution < 1.29 is 0 Å². The van der Waals surface area contributed by atoms with Crippen molar-refractivity contribution in [1.29, 1.82) is 0 Å². The van der Waals surface area contributed by atoms with Gasteiger partial charge in [-0.1, -0.05) is 20.8 Å². The molecule has 0 atom stereocenters. The van der Waals surface area contributed by atoms with Crippen LogP contribution in [-0.4, -0.2) is 25.5 Å². The van der Waals surface area contributed by atoms with Crippen molar-refractivity contribution >= 4 is 0 Å². The molecule has 1 aliphatic rings. The predicted octanol–water partition coefficient (Wildman–Crippen LogP) is 2.76. The third-order valence-electron chi connectivity index (χ3n) is 2.51. The van der Waals surface area contributed by atoms with E-state index in [1.807, 2.05) is 0 Å². The molecule has 1 fully saturated rings. The largest absolute Gasteiger partial charge is 0.309 e. The molecule has 0 spiro atoms. The van der Waals surface area contributed by atoms with Crippen molar-refractivity contribution in [2.45, 2.75) is 40.0 Å². The summed E-state index contributed by atoms with van der Waals surface area (Å²) in [6, 6.07) is 0. The zero-order valence-electron chi connectivity index (χ0n) is 9.28. The molecule has 0 amide bonds. The second-order valence-corrected chi connectivity index (χ2v) is 5.98. The normalized spacial score (nSPS) is 21.5. The monoisotopic (exact) mass is 169 g/mol. The van der Waals surface area contributed by atoms with Crippen molar-refractivity contribution in [3.05, 3.63) is 0 Å². The van der Waals surface area contributed by atoms with Gasteiger partial charge in [-0.3, -0.25) is 0 Å². The molecule has 0 bridgehead atoms. The molecule has 0 unspecified atom stereocenters. The maximum Gasteiger partial charge on any atom is 0.00321 e. The van der Waals surface area contributed by atoms with Gasteiger partial charge in [0.2, 0.25) is 0 Å². The van der Waals surface area contributed by atoms with Gasteiger partial charge in [0.15, 0.2) is 0 Å². The third-order valence-corrected chi connectivity index (χ3v) is 2.51. The minimum atomic E-state index is 0.506. The first-order valence-electron chi connectivity index (χ1n) is 4.98. The van der Waals surface area contributed by atoms with Gasteiger partial charge in [0.1, 0.15) is 0 Å². The molecular weight excluding hydrogens is 146 g/mol. The lowest BCUT2D eigenvalue weighted by Gasteiger charge is -2.27. The van der Waals surface area contributed by atoms with Crippen LogP contribution in [0.2, 0.25) is 0 Å². The molecule has 0 heterocycles. The highest BCUT2D eigenvalue weighted by molar-refractivity contribution is 4.97. The predicted molar refractivity (Wildman–Crippen MR) is 54.3 cm³/mol. The van der Waals surface area contributed by atoms with E-state index in [0.29, 0.717) is 10.8 Å². The molecule has 0 radical (unpaired) electrons. The summed E-state index contributed by atoms with van der Waals surface area (Å²) in [5, 5.41) is 0. The van der Waals surface area contributed by atoms with E-state index >= 15 is 0 Å². The van der Waals surface area contributed by atoms with Gasteiger partial charge in [0, 0.05) is 6.54 Å². The van der Waals surface area contributed by atoms with Gasteiger partial charge in [-0.2, -0.15) is 0 Å². The van der Waals surface area contributed by atoms with Crippen molar-refractivity contribution in [3.8, 4) is 0 Å². The Morgan fingerprint density at radius 1 is 1.17 bits per heavy atom. The van der Waals surface area contributed by atoms with Crippen LogP contribution in [0.1, 0.15) is 40.0 Å². The van der Waals surface area contributed by atoms with E-state index in [-0.39, 0.29) is 0 Å². The summed E-state index contributed by atoms with van der Waals surface area (Å²) in [6.07, 6.45) is 4.28. The molecule has 12 heavy (non-hydrogen) atoms. The molecule has 1 rings (SSSR count). The van der Waals surface area contributed by atoms with Gasteiger partial charge in [0.05, 0.1) is 0 Å². The van der Waals surface area contributed by atoms with E-state index in [1.165, 1.54) is 25.8 Å². The summed E-state index contributed by atoms with van der Waals surface area (Å²) >= 11 is 0. The minimum absolute atomic E-state index is 0.506. The molecule has 1 aliphatic carbocycles. The Kier molecular flexibility index (Phi) is 2.53. The molecule has 1 nitrogen and oxygen atoms in total. The molecule has 0 aromatic heterocycles. The van der Waals surface area contributed by atoms with E-state index in [9.17, 15) is 0 Å². The lowest BCUT2D eigenvalue weighted by Crippen LogP contribution is -2.26. The molecule has 1 saturated carbocycles. The maximum absolute atomic E-state index is 2.35. The van der Waals surface area contributed by atoms with Gasteiger partial charge < -0.3 is 4.90 Å². The van der Waals surface area contributed by atoms with E-state index < -0.39 is 0 Å². The smallest absolute Gasteiger partial charge is 0.00321 e. The molecule has 0 aromatic carbocycles. The number of hydrogen-bond acceptors (Lipinski definition) is 1. The summed E-state index contributed by atoms with van der Waals surface area (Å²) in [5.74, 6) is 0. The molecule has 0 saturated heterocycles. The van der Waals surface area contributed by atoms with Crippen LogP contribution in [-0.2, 0) is 0 Å². The average molecular weight is 169 g/mol. The fourth-order valence-electron chi connectivity index (χ4n) is 2.36. The molecule has 1 heteroatoms. The zero-order valence-corrected chi connectivity index (χ0v) is 9.28. The topological polar surface area (TPSA) is 3.24 Å². The summed E-state index contributed by atoms with van der Waals surface area (Å²) < 4.78 is 0. The van der Waals surface area contributed by atoms with Gasteiger partial charge >= 0.3 is 0 Å². The average Bonchev–Trinajstić information content (AvgIpc) is 2.40. The first-order valence-corrected chi connectivity index (χ1v) is 4.98. The standard InChI is InChI=1S/C11H23N/c1-10(2,3)8-11(6-7-11)9-12(4)5/h6-9H2,1-5H3. The fraction of sp³-hybridized carbons (Fsp3) is 1.00. The van der Waals surface area contributed by atoms with Crippen LogP contribution in [0.15, 0.2) is 0 Å². The molecule has 0 aliphatic heterocycles. The SMILES string of the molecule is CN(C)CC1(CC(C)(C)C)CC1. The Morgan fingerprint density at radius 2 is 1.67 bits per heavy atom. The molecule has 0 N–H and O–H groups in total. The van der Waals surface area contributed by atoms with Crippen molar-refractivity contribution in [2.75, 3.05) is 20.6 Å². The van der Waals surface area contributed by atoms with E-state index in [2.05, 4.69) is 39.8 Å². The summed E-state index contributed by atoms with van der Waals surface area (Å²) in [6.45, 7) is 8.33. The van der Waals surface area contributed by atoms with Crippen LogP contribution in [0, 0.1) is 10.8 Å². The number of rotatable bonds is 3. The molecular formula is C11H23N. The Bertz CT molecular complexity index is 149. The lowest BCUT2D eigenvalue weighted by atomic mass is 9.82. The summed E-state index contributed by atoms with van der Waals surface area (Å²) in [4.78, 5) is 2.33. The first kappa shape index (κ1) is 10.0. The van der Waals surface area contributed by atoms with Crippen LogP contribution in [0.5, 0.6) is 0 Å². The van der Waals surface area contributed by atoms with Crippen LogP contribution in [0.3, 0.4) is 0 Å². The van der Waals surface area contributed by atoms with Gasteiger partial charge in [0.25, 0.3) is 0 Å². The highest BCUT2D eigenvalue weighted by Gasteiger charge is 2.44. The van der Waals surface area contributed by atoms with Crippen LogP contribution in [0.4, 0.5) is 0 Å². The Labute approximate surface area is 77.1 Å². The van der Waals surface area contributed by atoms with Crippen molar-refractivity contribution in [2.24, 2.45) is 10.8 Å².